The molecule has 0 bridgehead atoms. The van der Waals surface area contributed by atoms with E-state index in [0.29, 0.717) is 17.4 Å². The quantitative estimate of drug-likeness (QED) is 0.867. The van der Waals surface area contributed by atoms with Gasteiger partial charge in [0.25, 0.3) is 5.91 Å². The van der Waals surface area contributed by atoms with Crippen molar-refractivity contribution in [3.63, 3.8) is 0 Å². The van der Waals surface area contributed by atoms with E-state index >= 15 is 0 Å². The van der Waals surface area contributed by atoms with E-state index in [0.717, 1.165) is 38.3 Å². The lowest BCUT2D eigenvalue weighted by Crippen LogP contribution is -2.31. The summed E-state index contributed by atoms with van der Waals surface area (Å²) >= 11 is 0. The molecule has 7 nitrogen and oxygen atoms in total. The van der Waals surface area contributed by atoms with Crippen LogP contribution in [0, 0.1) is 11.8 Å². The highest BCUT2D eigenvalue weighted by Crippen LogP contribution is 2.17. The molecule has 1 atom stereocenters. The first-order valence-electron chi connectivity index (χ1n) is 8.46. The SMILES string of the molecule is CC(C)CN1CCC(CNC(=O)c2ccc(-n3cnnn3)cc2)C1. The average Bonchev–Trinajstić information content (AvgIpc) is 3.24. The normalized spacial score (nSPS) is 18.2. The van der Waals surface area contributed by atoms with Crippen LogP contribution in [0.1, 0.15) is 30.6 Å². The fraction of sp³-hybridized carbons (Fsp3) is 0.529. The summed E-state index contributed by atoms with van der Waals surface area (Å²) in [5.74, 6) is 1.21. The van der Waals surface area contributed by atoms with Crippen LogP contribution in [0.2, 0.25) is 0 Å². The highest BCUT2D eigenvalue weighted by Gasteiger charge is 2.23. The standard InChI is InChI=1S/C17H24N6O/c1-13(2)10-22-8-7-14(11-22)9-18-17(24)15-3-5-16(6-4-15)23-12-19-20-21-23/h3-6,12-14H,7-11H2,1-2H3,(H,18,24). The number of aromatic nitrogens is 4. The summed E-state index contributed by atoms with van der Waals surface area (Å²) in [4.78, 5) is 14.8. The van der Waals surface area contributed by atoms with Gasteiger partial charge in [-0.05, 0) is 59.5 Å². The maximum absolute atomic E-state index is 12.3. The molecule has 0 radical (unpaired) electrons. The maximum Gasteiger partial charge on any atom is 0.251 e. The van der Waals surface area contributed by atoms with Crippen molar-refractivity contribution < 1.29 is 4.79 Å². The summed E-state index contributed by atoms with van der Waals surface area (Å²) in [7, 11) is 0. The summed E-state index contributed by atoms with van der Waals surface area (Å²) in [5.41, 5.74) is 1.49. The second kappa shape index (κ2) is 7.53. The van der Waals surface area contributed by atoms with Crippen LogP contribution in [0.4, 0.5) is 0 Å². The van der Waals surface area contributed by atoms with Crippen molar-refractivity contribution in [2.45, 2.75) is 20.3 Å². The lowest BCUT2D eigenvalue weighted by Gasteiger charge is -2.18. The number of hydrogen-bond acceptors (Lipinski definition) is 5. The first-order chi connectivity index (χ1) is 11.6. The van der Waals surface area contributed by atoms with E-state index in [1.165, 1.54) is 6.33 Å². The summed E-state index contributed by atoms with van der Waals surface area (Å²) in [6, 6.07) is 7.27. The van der Waals surface area contributed by atoms with Gasteiger partial charge < -0.3 is 10.2 Å². The highest BCUT2D eigenvalue weighted by molar-refractivity contribution is 5.94. The molecule has 3 rings (SSSR count). The van der Waals surface area contributed by atoms with Gasteiger partial charge in [0.05, 0.1) is 5.69 Å². The van der Waals surface area contributed by atoms with Crippen molar-refractivity contribution in [1.82, 2.24) is 30.4 Å². The van der Waals surface area contributed by atoms with Gasteiger partial charge in [-0.2, -0.15) is 0 Å². The Balaban J connectivity index is 1.49. The third kappa shape index (κ3) is 4.17. The maximum atomic E-state index is 12.3. The van der Waals surface area contributed by atoms with Gasteiger partial charge in [0.2, 0.25) is 0 Å². The zero-order chi connectivity index (χ0) is 16.9. The number of carbonyl (C=O) groups excluding carboxylic acids is 1. The van der Waals surface area contributed by atoms with Gasteiger partial charge in [0.15, 0.2) is 0 Å². The van der Waals surface area contributed by atoms with E-state index in [1.54, 1.807) is 16.8 Å². The number of amides is 1. The number of nitrogens with zero attached hydrogens (tertiary/aromatic N) is 5. The molecule has 0 saturated carbocycles. The molecule has 2 heterocycles. The van der Waals surface area contributed by atoms with Gasteiger partial charge >= 0.3 is 0 Å². The predicted octanol–water partition coefficient (Wildman–Crippen LogP) is 1.37. The van der Waals surface area contributed by atoms with Crippen LogP contribution < -0.4 is 5.32 Å². The Labute approximate surface area is 142 Å². The number of hydrogen-bond donors (Lipinski definition) is 1. The Kier molecular flexibility index (Phi) is 5.20. The minimum atomic E-state index is -0.0272. The van der Waals surface area contributed by atoms with E-state index in [4.69, 9.17) is 0 Å². The molecule has 1 aliphatic rings. The molecular weight excluding hydrogens is 304 g/mol. The average molecular weight is 328 g/mol. The zero-order valence-electron chi connectivity index (χ0n) is 14.2. The zero-order valence-corrected chi connectivity index (χ0v) is 14.2. The Morgan fingerprint density at radius 3 is 2.79 bits per heavy atom. The molecule has 128 valence electrons. The van der Waals surface area contributed by atoms with Crippen LogP contribution in [0.25, 0.3) is 5.69 Å². The Bertz CT molecular complexity index is 652. The molecule has 1 fully saturated rings. The number of tetrazole rings is 1. The van der Waals surface area contributed by atoms with Gasteiger partial charge in [-0.15, -0.1) is 5.10 Å². The topological polar surface area (TPSA) is 75.9 Å². The molecule has 7 heteroatoms. The lowest BCUT2D eigenvalue weighted by molar-refractivity contribution is 0.0947. The van der Waals surface area contributed by atoms with Crippen LogP contribution >= 0.6 is 0 Å². The van der Waals surface area contributed by atoms with Crippen LogP contribution in [0.15, 0.2) is 30.6 Å². The van der Waals surface area contributed by atoms with Crippen LogP contribution in [-0.2, 0) is 0 Å². The minimum Gasteiger partial charge on any atom is -0.352 e. The van der Waals surface area contributed by atoms with Gasteiger partial charge in [0, 0.05) is 25.2 Å². The van der Waals surface area contributed by atoms with Crippen LogP contribution in [0.3, 0.4) is 0 Å². The van der Waals surface area contributed by atoms with Crippen molar-refractivity contribution in [3.05, 3.63) is 36.2 Å². The highest BCUT2D eigenvalue weighted by atomic mass is 16.1. The van der Waals surface area contributed by atoms with Gasteiger partial charge in [0.1, 0.15) is 6.33 Å². The smallest absolute Gasteiger partial charge is 0.251 e. The van der Waals surface area contributed by atoms with Crippen molar-refractivity contribution in [2.24, 2.45) is 11.8 Å². The molecule has 0 spiro atoms. The van der Waals surface area contributed by atoms with E-state index < -0.39 is 0 Å². The monoisotopic (exact) mass is 328 g/mol. The molecule has 1 amide bonds. The summed E-state index contributed by atoms with van der Waals surface area (Å²) in [5, 5.41) is 14.1. The largest absolute Gasteiger partial charge is 0.352 e. The Morgan fingerprint density at radius 2 is 2.12 bits per heavy atom. The second-order valence-corrected chi connectivity index (χ2v) is 6.82. The first kappa shape index (κ1) is 16.6. The fourth-order valence-electron chi connectivity index (χ4n) is 3.15. The molecule has 0 aliphatic carbocycles. The number of benzene rings is 1. The van der Waals surface area contributed by atoms with Gasteiger partial charge in [-0.25, -0.2) is 4.68 Å². The molecule has 1 aromatic carbocycles. The molecule has 2 aromatic rings. The first-order valence-corrected chi connectivity index (χ1v) is 8.46. The van der Waals surface area contributed by atoms with Crippen molar-refractivity contribution in [3.8, 4) is 5.69 Å². The van der Waals surface area contributed by atoms with Crippen LogP contribution in [-0.4, -0.2) is 57.2 Å². The van der Waals surface area contributed by atoms with Crippen LogP contribution in [0.5, 0.6) is 0 Å². The Morgan fingerprint density at radius 1 is 1.33 bits per heavy atom. The molecule has 1 saturated heterocycles. The number of rotatable bonds is 6. The molecular formula is C17H24N6O. The van der Waals surface area contributed by atoms with E-state index in [9.17, 15) is 4.79 Å². The van der Waals surface area contributed by atoms with E-state index in [-0.39, 0.29) is 5.91 Å². The van der Waals surface area contributed by atoms with Gasteiger partial charge in [-0.3, -0.25) is 4.79 Å². The third-order valence-corrected chi connectivity index (χ3v) is 4.29. The number of nitrogens with one attached hydrogen (secondary N) is 1. The lowest BCUT2D eigenvalue weighted by atomic mass is 10.1. The van der Waals surface area contributed by atoms with Crippen molar-refractivity contribution in [2.75, 3.05) is 26.2 Å². The molecule has 1 aliphatic heterocycles. The molecule has 1 aromatic heterocycles. The van der Waals surface area contributed by atoms with Crippen molar-refractivity contribution in [1.29, 1.82) is 0 Å². The fourth-order valence-corrected chi connectivity index (χ4v) is 3.15. The van der Waals surface area contributed by atoms with E-state index in [1.807, 2.05) is 12.1 Å². The number of carbonyl (C=O) groups is 1. The Hall–Kier alpha value is -2.28. The molecule has 1 unspecified atom stereocenters. The predicted molar refractivity (Wildman–Crippen MR) is 90.9 cm³/mol. The van der Waals surface area contributed by atoms with E-state index in [2.05, 4.69) is 39.6 Å². The van der Waals surface area contributed by atoms with Crippen molar-refractivity contribution >= 4 is 5.91 Å². The minimum absolute atomic E-state index is 0.0272. The summed E-state index contributed by atoms with van der Waals surface area (Å²) in [6.45, 7) is 8.59. The summed E-state index contributed by atoms with van der Waals surface area (Å²) in [6.07, 6.45) is 2.68. The molecule has 1 N–H and O–H groups in total. The summed E-state index contributed by atoms with van der Waals surface area (Å²) < 4.78 is 1.56. The molecule has 24 heavy (non-hydrogen) atoms. The second-order valence-electron chi connectivity index (χ2n) is 6.82. The number of likely N-dealkylation sites (tertiary alicyclic amines) is 1. The van der Waals surface area contributed by atoms with Gasteiger partial charge in [-0.1, -0.05) is 13.8 Å². The third-order valence-electron chi connectivity index (χ3n) is 4.29.